The number of carboxylic acids is 1. The van der Waals surface area contributed by atoms with E-state index in [0.717, 1.165) is 6.26 Å². The third-order valence-corrected chi connectivity index (χ3v) is 5.77. The Bertz CT molecular complexity index is 802. The SMILES string of the molecule is COC1CC(CC(=O)O)N(C(=O)c2cc(S(C)(=O)=O)cc(C)c2C)C1. The molecule has 1 aromatic carbocycles. The fourth-order valence-electron chi connectivity index (χ4n) is 3.11. The molecule has 1 aliphatic rings. The molecule has 1 saturated heterocycles. The van der Waals surface area contributed by atoms with Crippen LogP contribution in [0.15, 0.2) is 17.0 Å². The summed E-state index contributed by atoms with van der Waals surface area (Å²) in [5.74, 6) is -1.35. The predicted octanol–water partition coefficient (Wildman–Crippen LogP) is 1.41. The molecule has 2 rings (SSSR count). The van der Waals surface area contributed by atoms with Gasteiger partial charge in [0.25, 0.3) is 5.91 Å². The summed E-state index contributed by atoms with van der Waals surface area (Å²) in [5, 5.41) is 9.09. The minimum absolute atomic E-state index is 0.0798. The van der Waals surface area contributed by atoms with Gasteiger partial charge in [0.15, 0.2) is 9.84 Å². The summed E-state index contributed by atoms with van der Waals surface area (Å²) in [6, 6.07) is 2.44. The third kappa shape index (κ3) is 4.19. The maximum absolute atomic E-state index is 13.0. The van der Waals surface area contributed by atoms with E-state index in [4.69, 9.17) is 9.84 Å². The topological polar surface area (TPSA) is 101 Å². The standard InChI is InChI=1S/C17H23NO6S/c1-10-5-14(25(4,22)23)8-15(11(10)2)17(21)18-9-13(24-3)6-12(18)7-16(19)20/h5,8,12-13H,6-7,9H2,1-4H3,(H,19,20). The molecule has 0 aliphatic carbocycles. The molecule has 1 aromatic rings. The highest BCUT2D eigenvalue weighted by Gasteiger charge is 2.37. The first-order valence-electron chi connectivity index (χ1n) is 7.91. The number of sulfone groups is 1. The van der Waals surface area contributed by atoms with Crippen LogP contribution >= 0.6 is 0 Å². The number of carbonyl (C=O) groups excluding carboxylic acids is 1. The monoisotopic (exact) mass is 369 g/mol. The van der Waals surface area contributed by atoms with Crippen LogP contribution in [0.5, 0.6) is 0 Å². The molecule has 1 fully saturated rings. The third-order valence-electron chi connectivity index (χ3n) is 4.68. The average Bonchev–Trinajstić information content (AvgIpc) is 2.90. The highest BCUT2D eigenvalue weighted by Crippen LogP contribution is 2.28. The number of aryl methyl sites for hydroxylation is 1. The van der Waals surface area contributed by atoms with Crippen molar-refractivity contribution in [1.82, 2.24) is 4.90 Å². The second-order valence-corrected chi connectivity index (χ2v) is 8.50. The zero-order valence-corrected chi connectivity index (χ0v) is 15.6. The molecule has 0 bridgehead atoms. The van der Waals surface area contributed by atoms with E-state index in [-0.39, 0.29) is 35.4 Å². The van der Waals surface area contributed by atoms with Crippen molar-refractivity contribution in [3.8, 4) is 0 Å². The summed E-state index contributed by atoms with van der Waals surface area (Å²) < 4.78 is 29.0. The van der Waals surface area contributed by atoms with E-state index >= 15 is 0 Å². The Morgan fingerprint density at radius 2 is 1.96 bits per heavy atom. The molecule has 25 heavy (non-hydrogen) atoms. The Labute approximate surface area is 147 Å². The van der Waals surface area contributed by atoms with Crippen molar-refractivity contribution >= 4 is 21.7 Å². The lowest BCUT2D eigenvalue weighted by Gasteiger charge is -2.24. The number of benzene rings is 1. The molecule has 2 atom stereocenters. The van der Waals surface area contributed by atoms with Crippen molar-refractivity contribution in [3.63, 3.8) is 0 Å². The number of methoxy groups -OCH3 is 1. The number of likely N-dealkylation sites (tertiary alicyclic amines) is 1. The van der Waals surface area contributed by atoms with Crippen molar-refractivity contribution in [3.05, 3.63) is 28.8 Å². The van der Waals surface area contributed by atoms with Crippen LogP contribution in [0.4, 0.5) is 0 Å². The first-order valence-corrected chi connectivity index (χ1v) is 9.80. The van der Waals surface area contributed by atoms with Crippen LogP contribution in [0.3, 0.4) is 0 Å². The lowest BCUT2D eigenvalue weighted by Crippen LogP contribution is -2.37. The lowest BCUT2D eigenvalue weighted by molar-refractivity contribution is -0.138. The van der Waals surface area contributed by atoms with Gasteiger partial charge in [-0.05, 0) is 43.5 Å². The van der Waals surface area contributed by atoms with Gasteiger partial charge in [0.05, 0.1) is 17.4 Å². The largest absolute Gasteiger partial charge is 0.481 e. The Morgan fingerprint density at radius 1 is 1.32 bits per heavy atom. The second kappa shape index (κ2) is 7.13. The second-order valence-electron chi connectivity index (χ2n) is 6.49. The first kappa shape index (κ1) is 19.4. The van der Waals surface area contributed by atoms with Gasteiger partial charge in [-0.3, -0.25) is 9.59 Å². The Morgan fingerprint density at radius 3 is 2.48 bits per heavy atom. The number of hydrogen-bond acceptors (Lipinski definition) is 5. The number of amides is 1. The Hall–Kier alpha value is -1.93. The van der Waals surface area contributed by atoms with Gasteiger partial charge in [0.1, 0.15) is 0 Å². The summed E-state index contributed by atoms with van der Waals surface area (Å²) in [6.45, 7) is 3.79. The number of ether oxygens (including phenoxy) is 1. The molecule has 1 heterocycles. The normalized spacial score (nSPS) is 20.7. The molecule has 0 radical (unpaired) electrons. The summed E-state index contributed by atoms with van der Waals surface area (Å²) in [6.07, 6.45) is 1.14. The molecular formula is C17H23NO6S. The van der Waals surface area contributed by atoms with Gasteiger partial charge in [-0.1, -0.05) is 0 Å². The zero-order valence-electron chi connectivity index (χ0n) is 14.8. The number of rotatable bonds is 5. The van der Waals surface area contributed by atoms with Crippen LogP contribution < -0.4 is 0 Å². The quantitative estimate of drug-likeness (QED) is 0.842. The van der Waals surface area contributed by atoms with Gasteiger partial charge in [0.2, 0.25) is 0 Å². The van der Waals surface area contributed by atoms with Crippen LogP contribution in [-0.2, 0) is 19.4 Å². The molecule has 0 saturated carbocycles. The molecular weight excluding hydrogens is 346 g/mol. The highest BCUT2D eigenvalue weighted by atomic mass is 32.2. The molecule has 0 spiro atoms. The number of aliphatic carboxylic acids is 1. The molecule has 1 aliphatic heterocycles. The smallest absolute Gasteiger partial charge is 0.305 e. The van der Waals surface area contributed by atoms with Gasteiger partial charge in [-0.25, -0.2) is 8.42 Å². The van der Waals surface area contributed by atoms with Crippen LogP contribution in [0.2, 0.25) is 0 Å². The number of hydrogen-bond donors (Lipinski definition) is 1. The van der Waals surface area contributed by atoms with Crippen molar-refractivity contribution < 1.29 is 27.9 Å². The zero-order chi connectivity index (χ0) is 18.9. The lowest BCUT2D eigenvalue weighted by atomic mass is 10.0. The average molecular weight is 369 g/mol. The Kier molecular flexibility index (Phi) is 5.53. The van der Waals surface area contributed by atoms with E-state index in [1.54, 1.807) is 13.8 Å². The van der Waals surface area contributed by atoms with Crippen LogP contribution in [0.25, 0.3) is 0 Å². The van der Waals surface area contributed by atoms with Crippen molar-refractivity contribution in [2.45, 2.75) is 43.7 Å². The first-order chi connectivity index (χ1) is 11.5. The Balaban J connectivity index is 2.45. The van der Waals surface area contributed by atoms with E-state index in [1.165, 1.54) is 24.1 Å². The summed E-state index contributed by atoms with van der Waals surface area (Å²) >= 11 is 0. The van der Waals surface area contributed by atoms with Gasteiger partial charge < -0.3 is 14.7 Å². The fourth-order valence-corrected chi connectivity index (χ4v) is 3.83. The molecule has 1 N–H and O–H groups in total. The van der Waals surface area contributed by atoms with Gasteiger partial charge in [-0.15, -0.1) is 0 Å². The van der Waals surface area contributed by atoms with Gasteiger partial charge in [-0.2, -0.15) is 0 Å². The van der Waals surface area contributed by atoms with E-state index in [2.05, 4.69) is 0 Å². The fraction of sp³-hybridized carbons (Fsp3) is 0.529. The molecule has 138 valence electrons. The van der Waals surface area contributed by atoms with Gasteiger partial charge >= 0.3 is 5.97 Å². The number of nitrogens with zero attached hydrogens (tertiary/aromatic N) is 1. The van der Waals surface area contributed by atoms with Crippen LogP contribution in [-0.4, -0.2) is 62.4 Å². The molecule has 1 amide bonds. The number of carbonyl (C=O) groups is 2. The summed E-state index contributed by atoms with van der Waals surface area (Å²) in [7, 11) is -1.94. The van der Waals surface area contributed by atoms with E-state index in [0.29, 0.717) is 17.5 Å². The van der Waals surface area contributed by atoms with Crippen molar-refractivity contribution in [2.75, 3.05) is 19.9 Å². The van der Waals surface area contributed by atoms with Crippen molar-refractivity contribution in [1.29, 1.82) is 0 Å². The minimum atomic E-state index is -3.46. The maximum atomic E-state index is 13.0. The minimum Gasteiger partial charge on any atom is -0.481 e. The van der Waals surface area contributed by atoms with E-state index in [1.807, 2.05) is 0 Å². The van der Waals surface area contributed by atoms with Crippen LogP contribution in [0.1, 0.15) is 34.3 Å². The molecule has 0 aromatic heterocycles. The van der Waals surface area contributed by atoms with E-state index < -0.39 is 21.8 Å². The highest BCUT2D eigenvalue weighted by molar-refractivity contribution is 7.90. The number of carboxylic acid groups (broad SMARTS) is 1. The molecule has 2 unspecified atom stereocenters. The summed E-state index contributed by atoms with van der Waals surface area (Å²) in [4.78, 5) is 25.7. The van der Waals surface area contributed by atoms with E-state index in [9.17, 15) is 18.0 Å². The van der Waals surface area contributed by atoms with Crippen LogP contribution in [0, 0.1) is 13.8 Å². The molecule has 7 nitrogen and oxygen atoms in total. The van der Waals surface area contributed by atoms with Gasteiger partial charge in [0, 0.05) is 31.5 Å². The van der Waals surface area contributed by atoms with Crippen molar-refractivity contribution in [2.24, 2.45) is 0 Å². The maximum Gasteiger partial charge on any atom is 0.305 e. The summed E-state index contributed by atoms with van der Waals surface area (Å²) in [5.41, 5.74) is 1.67. The predicted molar refractivity (Wildman–Crippen MR) is 91.5 cm³/mol. The molecule has 8 heteroatoms.